The molecule has 5 heteroatoms. The Labute approximate surface area is 116 Å². The zero-order valence-corrected chi connectivity index (χ0v) is 11.7. The van der Waals surface area contributed by atoms with Crippen LogP contribution in [0.4, 0.5) is 0 Å². The number of nitrogens with zero attached hydrogens (tertiary/aromatic N) is 1. The molecule has 0 radical (unpaired) electrons. The number of rotatable bonds is 6. The summed E-state index contributed by atoms with van der Waals surface area (Å²) >= 11 is 1.45. The van der Waals surface area contributed by atoms with Crippen LogP contribution >= 0.6 is 11.8 Å². The number of hydrogen-bond donors (Lipinski definition) is 2. The minimum Gasteiger partial charge on any atom is -0.313 e. The number of aromatic nitrogens is 2. The average molecular weight is 275 g/mol. The average Bonchev–Trinajstić information content (AvgIpc) is 2.41. The smallest absolute Gasteiger partial charge is 0.251 e. The molecule has 0 atom stereocenters. The lowest BCUT2D eigenvalue weighted by atomic mass is 10.2. The van der Waals surface area contributed by atoms with Gasteiger partial charge in [-0.3, -0.25) is 4.79 Å². The van der Waals surface area contributed by atoms with Crippen molar-refractivity contribution in [3.8, 4) is 0 Å². The lowest BCUT2D eigenvalue weighted by Crippen LogP contribution is -2.13. The molecular formula is C14H17N3OS. The third kappa shape index (κ3) is 4.54. The summed E-state index contributed by atoms with van der Waals surface area (Å²) in [5.74, 6) is 0. The molecular weight excluding hydrogens is 258 g/mol. The van der Waals surface area contributed by atoms with Crippen molar-refractivity contribution in [3.05, 3.63) is 52.4 Å². The molecule has 2 rings (SSSR count). The van der Waals surface area contributed by atoms with E-state index in [0.29, 0.717) is 5.16 Å². The highest BCUT2D eigenvalue weighted by Crippen LogP contribution is 2.23. The predicted molar refractivity (Wildman–Crippen MR) is 77.4 cm³/mol. The SMILES string of the molecule is CCCNCc1ccc(Sc2nccc(=O)[nH]2)cc1. The van der Waals surface area contributed by atoms with Crippen molar-refractivity contribution >= 4 is 11.8 Å². The molecule has 0 amide bonds. The molecule has 100 valence electrons. The molecule has 0 fully saturated rings. The second-order valence-electron chi connectivity index (χ2n) is 4.16. The van der Waals surface area contributed by atoms with Crippen molar-refractivity contribution in [2.45, 2.75) is 29.9 Å². The van der Waals surface area contributed by atoms with Crippen LogP contribution in [0, 0.1) is 0 Å². The molecule has 1 aromatic heterocycles. The molecule has 0 spiro atoms. The maximum Gasteiger partial charge on any atom is 0.251 e. The van der Waals surface area contributed by atoms with Gasteiger partial charge in [0.15, 0.2) is 5.16 Å². The Bertz CT molecular complexity index is 565. The fourth-order valence-electron chi connectivity index (χ4n) is 1.60. The van der Waals surface area contributed by atoms with Gasteiger partial charge in [-0.05, 0) is 30.7 Å². The second-order valence-corrected chi connectivity index (χ2v) is 5.22. The molecule has 19 heavy (non-hydrogen) atoms. The molecule has 0 saturated heterocycles. The van der Waals surface area contributed by atoms with E-state index in [9.17, 15) is 4.79 Å². The molecule has 0 saturated carbocycles. The molecule has 0 aliphatic carbocycles. The van der Waals surface area contributed by atoms with Crippen molar-refractivity contribution < 1.29 is 0 Å². The third-order valence-electron chi connectivity index (χ3n) is 2.54. The molecule has 2 N–H and O–H groups in total. The first kappa shape index (κ1) is 13.8. The van der Waals surface area contributed by atoms with Gasteiger partial charge in [0, 0.05) is 23.7 Å². The van der Waals surface area contributed by atoms with E-state index < -0.39 is 0 Å². The largest absolute Gasteiger partial charge is 0.313 e. The van der Waals surface area contributed by atoms with Crippen molar-refractivity contribution in [1.29, 1.82) is 0 Å². The van der Waals surface area contributed by atoms with Crippen LogP contribution in [0.5, 0.6) is 0 Å². The van der Waals surface area contributed by atoms with Crippen LogP contribution in [0.25, 0.3) is 0 Å². The van der Waals surface area contributed by atoms with Gasteiger partial charge < -0.3 is 10.3 Å². The summed E-state index contributed by atoms with van der Waals surface area (Å²) in [7, 11) is 0. The Hall–Kier alpha value is -1.59. The highest BCUT2D eigenvalue weighted by molar-refractivity contribution is 7.99. The van der Waals surface area contributed by atoms with Gasteiger partial charge in [0.25, 0.3) is 5.56 Å². The molecule has 4 nitrogen and oxygen atoms in total. The molecule has 0 unspecified atom stereocenters. The summed E-state index contributed by atoms with van der Waals surface area (Å²) in [5, 5.41) is 3.98. The van der Waals surface area contributed by atoms with Gasteiger partial charge >= 0.3 is 0 Å². The van der Waals surface area contributed by atoms with Gasteiger partial charge in [0.1, 0.15) is 0 Å². The Morgan fingerprint density at radius 3 is 2.74 bits per heavy atom. The fourth-order valence-corrected chi connectivity index (χ4v) is 2.36. The van der Waals surface area contributed by atoms with Crippen molar-refractivity contribution in [3.63, 3.8) is 0 Å². The first-order valence-electron chi connectivity index (χ1n) is 6.31. The normalized spacial score (nSPS) is 10.6. The Kier molecular flexibility index (Phi) is 5.18. The van der Waals surface area contributed by atoms with Gasteiger partial charge in [0.2, 0.25) is 0 Å². The highest BCUT2D eigenvalue weighted by atomic mass is 32.2. The van der Waals surface area contributed by atoms with E-state index in [4.69, 9.17) is 0 Å². The Balaban J connectivity index is 1.96. The highest BCUT2D eigenvalue weighted by Gasteiger charge is 2.00. The van der Waals surface area contributed by atoms with Crippen molar-refractivity contribution in [1.82, 2.24) is 15.3 Å². The van der Waals surface area contributed by atoms with E-state index >= 15 is 0 Å². The van der Waals surface area contributed by atoms with Gasteiger partial charge in [-0.25, -0.2) is 4.98 Å². The number of nitrogens with one attached hydrogen (secondary N) is 2. The topological polar surface area (TPSA) is 57.8 Å². The zero-order chi connectivity index (χ0) is 13.5. The fraction of sp³-hybridized carbons (Fsp3) is 0.286. The maximum atomic E-state index is 11.2. The van der Waals surface area contributed by atoms with E-state index in [1.165, 1.54) is 29.6 Å². The van der Waals surface area contributed by atoms with Crippen LogP contribution in [0.15, 0.2) is 51.4 Å². The lowest BCUT2D eigenvalue weighted by Gasteiger charge is -2.04. The summed E-state index contributed by atoms with van der Waals surface area (Å²) in [5.41, 5.74) is 1.13. The molecule has 0 aliphatic heterocycles. The van der Waals surface area contributed by atoms with E-state index in [-0.39, 0.29) is 5.56 Å². The molecule has 1 heterocycles. The Morgan fingerprint density at radius 2 is 2.05 bits per heavy atom. The van der Waals surface area contributed by atoms with Crippen LogP contribution in [0.1, 0.15) is 18.9 Å². The second kappa shape index (κ2) is 7.11. The van der Waals surface area contributed by atoms with Crippen LogP contribution < -0.4 is 10.9 Å². The van der Waals surface area contributed by atoms with Crippen LogP contribution in [-0.2, 0) is 6.54 Å². The summed E-state index contributed by atoms with van der Waals surface area (Å²) in [4.78, 5) is 19.0. The molecule has 0 aliphatic rings. The number of benzene rings is 1. The van der Waals surface area contributed by atoms with E-state index in [1.54, 1.807) is 0 Å². The minimum atomic E-state index is -0.127. The van der Waals surface area contributed by atoms with E-state index in [0.717, 1.165) is 24.4 Å². The summed E-state index contributed by atoms with van der Waals surface area (Å²) < 4.78 is 0. The summed E-state index contributed by atoms with van der Waals surface area (Å²) in [6.07, 6.45) is 2.66. The first-order chi connectivity index (χ1) is 9.28. The van der Waals surface area contributed by atoms with Crippen molar-refractivity contribution in [2.75, 3.05) is 6.54 Å². The van der Waals surface area contributed by atoms with Gasteiger partial charge in [-0.15, -0.1) is 0 Å². The lowest BCUT2D eigenvalue weighted by molar-refractivity contribution is 0.675. The Morgan fingerprint density at radius 1 is 1.26 bits per heavy atom. The summed E-state index contributed by atoms with van der Waals surface area (Å²) in [6, 6.07) is 9.67. The summed E-state index contributed by atoms with van der Waals surface area (Å²) in [6.45, 7) is 4.07. The number of H-pyrrole nitrogens is 1. The zero-order valence-electron chi connectivity index (χ0n) is 10.8. The van der Waals surface area contributed by atoms with Crippen LogP contribution in [0.3, 0.4) is 0 Å². The van der Waals surface area contributed by atoms with Crippen molar-refractivity contribution in [2.24, 2.45) is 0 Å². The minimum absolute atomic E-state index is 0.127. The monoisotopic (exact) mass is 275 g/mol. The quantitative estimate of drug-likeness (QED) is 0.628. The molecule has 2 aromatic rings. The van der Waals surface area contributed by atoms with E-state index in [2.05, 4.69) is 34.3 Å². The van der Waals surface area contributed by atoms with Crippen LogP contribution in [0.2, 0.25) is 0 Å². The molecule has 1 aromatic carbocycles. The first-order valence-corrected chi connectivity index (χ1v) is 7.12. The maximum absolute atomic E-state index is 11.2. The van der Waals surface area contributed by atoms with Gasteiger partial charge in [-0.2, -0.15) is 0 Å². The number of aromatic amines is 1. The standard InChI is InChI=1S/C14H17N3OS/c1-2-8-15-10-11-3-5-12(6-4-11)19-14-16-9-7-13(18)17-14/h3-7,9,15H,2,8,10H2,1H3,(H,16,17,18). The molecule has 0 bridgehead atoms. The van der Waals surface area contributed by atoms with E-state index in [1.807, 2.05) is 12.1 Å². The third-order valence-corrected chi connectivity index (χ3v) is 3.45. The van der Waals surface area contributed by atoms with Crippen LogP contribution in [-0.4, -0.2) is 16.5 Å². The van der Waals surface area contributed by atoms with Gasteiger partial charge in [0.05, 0.1) is 0 Å². The predicted octanol–water partition coefficient (Wildman–Crippen LogP) is 2.42. The number of hydrogen-bond acceptors (Lipinski definition) is 4. The van der Waals surface area contributed by atoms with Gasteiger partial charge in [-0.1, -0.05) is 30.8 Å².